The average molecular weight is 202 g/mol. The quantitative estimate of drug-likeness (QED) is 0.733. The predicted molar refractivity (Wildman–Crippen MR) is 65.1 cm³/mol. The lowest BCUT2D eigenvalue weighted by Gasteiger charge is -2.02. The number of aromatic amines is 1. The molecule has 2 rings (SSSR count). The molecule has 15 heavy (non-hydrogen) atoms. The van der Waals surface area contributed by atoms with Crippen molar-refractivity contribution < 1.29 is 0 Å². The molecule has 0 saturated carbocycles. The van der Waals surface area contributed by atoms with Gasteiger partial charge in [0.25, 0.3) is 0 Å². The average Bonchev–Trinajstić information content (AvgIpc) is 2.51. The molecule has 1 atom stereocenters. The molecular formula is C13H18N2. The summed E-state index contributed by atoms with van der Waals surface area (Å²) in [5.74, 6) is 0. The Bertz CT molecular complexity index is 507. The van der Waals surface area contributed by atoms with Crippen LogP contribution in [0, 0.1) is 20.8 Å². The summed E-state index contributed by atoms with van der Waals surface area (Å²) in [5.41, 5.74) is 12.2. The summed E-state index contributed by atoms with van der Waals surface area (Å²) < 4.78 is 0. The second kappa shape index (κ2) is 3.38. The minimum absolute atomic E-state index is 0.0668. The Morgan fingerprint density at radius 2 is 1.80 bits per heavy atom. The van der Waals surface area contributed by atoms with Crippen LogP contribution in [0.5, 0.6) is 0 Å². The molecule has 2 aromatic rings. The van der Waals surface area contributed by atoms with E-state index >= 15 is 0 Å². The fraction of sp³-hybridized carbons (Fsp3) is 0.385. The molecular weight excluding hydrogens is 184 g/mol. The third kappa shape index (κ3) is 1.45. The highest BCUT2D eigenvalue weighted by atomic mass is 14.8. The molecule has 0 fully saturated rings. The molecule has 0 bridgehead atoms. The normalized spacial score (nSPS) is 13.4. The Morgan fingerprint density at radius 3 is 2.40 bits per heavy atom. The fourth-order valence-corrected chi connectivity index (χ4v) is 2.12. The van der Waals surface area contributed by atoms with Crippen molar-refractivity contribution in [3.63, 3.8) is 0 Å². The van der Waals surface area contributed by atoms with Gasteiger partial charge < -0.3 is 10.7 Å². The van der Waals surface area contributed by atoms with Crippen molar-refractivity contribution >= 4 is 10.9 Å². The van der Waals surface area contributed by atoms with Crippen molar-refractivity contribution in [2.24, 2.45) is 5.73 Å². The first-order chi connectivity index (χ1) is 7.02. The SMILES string of the molecule is Cc1ccc2c(C)c(C(C)N)[nH]c2c1C. The molecule has 2 nitrogen and oxygen atoms in total. The molecule has 80 valence electrons. The highest BCUT2D eigenvalue weighted by molar-refractivity contribution is 5.88. The molecule has 1 aromatic heterocycles. The second-order valence-electron chi connectivity index (χ2n) is 4.38. The van der Waals surface area contributed by atoms with Gasteiger partial charge >= 0.3 is 0 Å². The zero-order valence-corrected chi connectivity index (χ0v) is 9.81. The fourth-order valence-electron chi connectivity index (χ4n) is 2.12. The first-order valence-electron chi connectivity index (χ1n) is 5.36. The van der Waals surface area contributed by atoms with Gasteiger partial charge in [0.15, 0.2) is 0 Å². The predicted octanol–water partition coefficient (Wildman–Crippen LogP) is 3.11. The molecule has 3 N–H and O–H groups in total. The number of aryl methyl sites for hydroxylation is 3. The zero-order valence-electron chi connectivity index (χ0n) is 9.81. The number of nitrogens with one attached hydrogen (secondary N) is 1. The molecule has 2 heteroatoms. The first-order valence-corrected chi connectivity index (χ1v) is 5.36. The van der Waals surface area contributed by atoms with Crippen molar-refractivity contribution in [2.45, 2.75) is 33.7 Å². The number of nitrogens with two attached hydrogens (primary N) is 1. The Labute approximate surface area is 90.5 Å². The molecule has 1 unspecified atom stereocenters. The maximum atomic E-state index is 5.94. The van der Waals surface area contributed by atoms with E-state index in [1.165, 1.54) is 27.6 Å². The van der Waals surface area contributed by atoms with Crippen LogP contribution in [-0.4, -0.2) is 4.98 Å². The smallest absolute Gasteiger partial charge is 0.0491 e. The lowest BCUT2D eigenvalue weighted by Crippen LogP contribution is -2.06. The molecule has 1 heterocycles. The lowest BCUT2D eigenvalue weighted by atomic mass is 10.0. The van der Waals surface area contributed by atoms with Gasteiger partial charge in [-0.2, -0.15) is 0 Å². The third-order valence-corrected chi connectivity index (χ3v) is 3.26. The highest BCUT2D eigenvalue weighted by Crippen LogP contribution is 2.28. The van der Waals surface area contributed by atoms with Crippen LogP contribution >= 0.6 is 0 Å². The van der Waals surface area contributed by atoms with Crippen LogP contribution in [-0.2, 0) is 0 Å². The monoisotopic (exact) mass is 202 g/mol. The van der Waals surface area contributed by atoms with Crippen molar-refractivity contribution in [1.82, 2.24) is 4.98 Å². The molecule has 1 aromatic carbocycles. The molecule has 0 aliphatic carbocycles. The lowest BCUT2D eigenvalue weighted by molar-refractivity contribution is 0.785. The third-order valence-electron chi connectivity index (χ3n) is 3.26. The Balaban J connectivity index is 2.82. The van der Waals surface area contributed by atoms with Crippen LogP contribution < -0.4 is 5.73 Å². The number of hydrogen-bond donors (Lipinski definition) is 2. The van der Waals surface area contributed by atoms with Gasteiger partial charge in [-0.1, -0.05) is 12.1 Å². The van der Waals surface area contributed by atoms with Crippen molar-refractivity contribution in [2.75, 3.05) is 0 Å². The van der Waals surface area contributed by atoms with E-state index < -0.39 is 0 Å². The van der Waals surface area contributed by atoms with Gasteiger partial charge in [-0.25, -0.2) is 0 Å². The highest BCUT2D eigenvalue weighted by Gasteiger charge is 2.12. The van der Waals surface area contributed by atoms with Gasteiger partial charge in [0.2, 0.25) is 0 Å². The van der Waals surface area contributed by atoms with Crippen LogP contribution in [0.3, 0.4) is 0 Å². The van der Waals surface area contributed by atoms with Crippen molar-refractivity contribution in [1.29, 1.82) is 0 Å². The summed E-state index contributed by atoms with van der Waals surface area (Å²) in [4.78, 5) is 3.45. The summed E-state index contributed by atoms with van der Waals surface area (Å²) in [7, 11) is 0. The summed E-state index contributed by atoms with van der Waals surface area (Å²) in [5, 5.41) is 1.30. The number of H-pyrrole nitrogens is 1. The van der Waals surface area contributed by atoms with E-state index in [1.807, 2.05) is 6.92 Å². The van der Waals surface area contributed by atoms with Gasteiger partial charge in [-0.15, -0.1) is 0 Å². The van der Waals surface area contributed by atoms with E-state index in [0.717, 1.165) is 5.69 Å². The molecule has 0 spiro atoms. The Morgan fingerprint density at radius 1 is 1.13 bits per heavy atom. The molecule has 0 radical (unpaired) electrons. The van der Waals surface area contributed by atoms with Gasteiger partial charge in [-0.3, -0.25) is 0 Å². The summed E-state index contributed by atoms with van der Waals surface area (Å²) >= 11 is 0. The largest absolute Gasteiger partial charge is 0.357 e. The number of benzene rings is 1. The maximum Gasteiger partial charge on any atom is 0.0491 e. The van der Waals surface area contributed by atoms with Crippen molar-refractivity contribution in [3.8, 4) is 0 Å². The zero-order chi connectivity index (χ0) is 11.2. The van der Waals surface area contributed by atoms with Crippen LogP contribution in [0.4, 0.5) is 0 Å². The maximum absolute atomic E-state index is 5.94. The summed E-state index contributed by atoms with van der Waals surface area (Å²) in [6.45, 7) is 8.43. The molecule has 0 saturated heterocycles. The van der Waals surface area contributed by atoms with Gasteiger partial charge in [0, 0.05) is 22.6 Å². The van der Waals surface area contributed by atoms with E-state index in [4.69, 9.17) is 5.73 Å². The van der Waals surface area contributed by atoms with E-state index in [0.29, 0.717) is 0 Å². The number of hydrogen-bond acceptors (Lipinski definition) is 1. The van der Waals surface area contributed by atoms with Crippen LogP contribution in [0.15, 0.2) is 12.1 Å². The van der Waals surface area contributed by atoms with E-state index in [2.05, 4.69) is 37.9 Å². The Hall–Kier alpha value is -1.28. The van der Waals surface area contributed by atoms with Crippen LogP contribution in [0.25, 0.3) is 10.9 Å². The minimum atomic E-state index is 0.0668. The summed E-state index contributed by atoms with van der Waals surface area (Å²) in [6.07, 6.45) is 0. The topological polar surface area (TPSA) is 41.8 Å². The van der Waals surface area contributed by atoms with Gasteiger partial charge in [-0.05, 0) is 44.4 Å². The molecule has 0 aliphatic rings. The van der Waals surface area contributed by atoms with Crippen LogP contribution in [0.1, 0.15) is 35.3 Å². The van der Waals surface area contributed by atoms with Crippen LogP contribution in [0.2, 0.25) is 0 Å². The molecule has 0 aliphatic heterocycles. The standard InChI is InChI=1S/C13H18N2/c1-7-5-6-11-9(3)12(10(4)14)15-13(11)8(7)2/h5-6,10,15H,14H2,1-4H3. The van der Waals surface area contributed by atoms with E-state index in [1.54, 1.807) is 0 Å². The van der Waals surface area contributed by atoms with Gasteiger partial charge in [0.05, 0.1) is 0 Å². The van der Waals surface area contributed by atoms with Gasteiger partial charge in [0.1, 0.15) is 0 Å². The van der Waals surface area contributed by atoms with E-state index in [-0.39, 0.29) is 6.04 Å². The molecule has 0 amide bonds. The van der Waals surface area contributed by atoms with Crippen molar-refractivity contribution in [3.05, 3.63) is 34.5 Å². The number of aromatic nitrogens is 1. The minimum Gasteiger partial charge on any atom is -0.357 e. The Kier molecular flexibility index (Phi) is 2.31. The second-order valence-corrected chi connectivity index (χ2v) is 4.38. The number of fused-ring (bicyclic) bond motifs is 1. The van der Waals surface area contributed by atoms with E-state index in [9.17, 15) is 0 Å². The number of rotatable bonds is 1. The summed E-state index contributed by atoms with van der Waals surface area (Å²) in [6, 6.07) is 4.41. The first kappa shape index (κ1) is 10.2.